The van der Waals surface area contributed by atoms with Crippen LogP contribution in [0.15, 0.2) is 65.3 Å². The van der Waals surface area contributed by atoms with Gasteiger partial charge in [-0.05, 0) is 37.1 Å². The van der Waals surface area contributed by atoms with Gasteiger partial charge in [-0.3, -0.25) is 4.79 Å². The topological polar surface area (TPSA) is 54.9 Å². The summed E-state index contributed by atoms with van der Waals surface area (Å²) < 4.78 is 39.0. The molecule has 170 valence electrons. The summed E-state index contributed by atoms with van der Waals surface area (Å²) in [6.45, 7) is 3.88. The third kappa shape index (κ3) is 5.20. The zero-order valence-corrected chi connectivity index (χ0v) is 19.4. The Labute approximate surface area is 197 Å². The number of anilines is 1. The Hall–Kier alpha value is -2.91. The number of hydrogen-bond acceptors (Lipinski definition) is 5. The number of rotatable bonds is 6. The standard InChI is InChI=1S/C24H20F3N3OS2/c1-3-19(21(31)30-17-6-4-5-16(11-17)24(25,26)27)33-23-20-18(12-32-22(20)28-13-29-23)15-9-7-14(2)8-10-15/h4-13,19H,3H2,1-2H3,(H,30,31). The Morgan fingerprint density at radius 3 is 2.61 bits per heavy atom. The van der Waals surface area contributed by atoms with E-state index in [0.717, 1.165) is 39.0 Å². The van der Waals surface area contributed by atoms with Crippen molar-refractivity contribution in [1.29, 1.82) is 0 Å². The van der Waals surface area contributed by atoms with Gasteiger partial charge in [0.15, 0.2) is 0 Å². The van der Waals surface area contributed by atoms with Gasteiger partial charge in [-0.2, -0.15) is 13.2 Å². The number of nitrogens with zero attached hydrogens (tertiary/aromatic N) is 2. The summed E-state index contributed by atoms with van der Waals surface area (Å²) >= 11 is 2.80. The third-order valence-corrected chi connectivity index (χ3v) is 7.32. The number of aryl methyl sites for hydroxylation is 1. The van der Waals surface area contributed by atoms with Crippen LogP contribution in [0.3, 0.4) is 0 Å². The summed E-state index contributed by atoms with van der Waals surface area (Å²) in [6.07, 6.45) is -2.53. The van der Waals surface area contributed by atoms with E-state index in [-0.39, 0.29) is 11.6 Å². The van der Waals surface area contributed by atoms with Crippen molar-refractivity contribution >= 4 is 44.9 Å². The van der Waals surface area contributed by atoms with Gasteiger partial charge in [-0.25, -0.2) is 9.97 Å². The fourth-order valence-corrected chi connectivity index (χ4v) is 5.35. The van der Waals surface area contributed by atoms with Crippen LogP contribution in [-0.4, -0.2) is 21.1 Å². The van der Waals surface area contributed by atoms with Crippen molar-refractivity contribution in [3.63, 3.8) is 0 Å². The molecule has 4 nitrogen and oxygen atoms in total. The summed E-state index contributed by atoms with van der Waals surface area (Å²) in [4.78, 5) is 22.5. The largest absolute Gasteiger partial charge is 0.416 e. The van der Waals surface area contributed by atoms with Crippen LogP contribution in [-0.2, 0) is 11.0 Å². The zero-order chi connectivity index (χ0) is 23.6. The predicted octanol–water partition coefficient (Wildman–Crippen LogP) is 7.19. The molecule has 33 heavy (non-hydrogen) atoms. The highest BCUT2D eigenvalue weighted by Gasteiger charge is 2.31. The Morgan fingerprint density at radius 1 is 1.15 bits per heavy atom. The molecule has 1 amide bonds. The van der Waals surface area contributed by atoms with E-state index in [1.54, 1.807) is 0 Å². The number of carbonyl (C=O) groups excluding carboxylic acids is 1. The molecule has 9 heteroatoms. The van der Waals surface area contributed by atoms with Crippen LogP contribution in [0.25, 0.3) is 21.3 Å². The van der Waals surface area contributed by atoms with E-state index in [9.17, 15) is 18.0 Å². The molecular formula is C24H20F3N3OS2. The summed E-state index contributed by atoms with van der Waals surface area (Å²) in [5.41, 5.74) is 2.48. The second kappa shape index (κ2) is 9.52. The van der Waals surface area contributed by atoms with Gasteiger partial charge in [0.1, 0.15) is 16.2 Å². The maximum atomic E-state index is 13.0. The molecule has 2 heterocycles. The van der Waals surface area contributed by atoms with Gasteiger partial charge in [0.2, 0.25) is 5.91 Å². The first-order valence-electron chi connectivity index (χ1n) is 10.2. The average molecular weight is 488 g/mol. The summed E-state index contributed by atoms with van der Waals surface area (Å²) in [6, 6.07) is 12.8. The Bertz CT molecular complexity index is 1290. The lowest BCUT2D eigenvalue weighted by Crippen LogP contribution is -2.25. The number of nitrogens with one attached hydrogen (secondary N) is 1. The first-order chi connectivity index (χ1) is 15.8. The molecule has 0 spiro atoms. The van der Waals surface area contributed by atoms with Gasteiger partial charge in [0, 0.05) is 16.6 Å². The molecule has 4 aromatic rings. The lowest BCUT2D eigenvalue weighted by molar-refractivity contribution is -0.137. The first kappa shape index (κ1) is 23.3. The first-order valence-corrected chi connectivity index (χ1v) is 12.0. The third-order valence-electron chi connectivity index (χ3n) is 5.07. The Morgan fingerprint density at radius 2 is 1.91 bits per heavy atom. The fourth-order valence-electron chi connectivity index (χ4n) is 3.34. The normalized spacial score (nSPS) is 12.6. The molecule has 0 saturated carbocycles. The number of fused-ring (bicyclic) bond motifs is 1. The highest BCUT2D eigenvalue weighted by atomic mass is 32.2. The number of thioether (sulfide) groups is 1. The molecule has 2 aromatic heterocycles. The van der Waals surface area contributed by atoms with E-state index in [4.69, 9.17) is 0 Å². The lowest BCUT2D eigenvalue weighted by atomic mass is 10.1. The molecule has 2 aromatic carbocycles. The smallest absolute Gasteiger partial charge is 0.325 e. The maximum absolute atomic E-state index is 13.0. The number of halogens is 3. The Kier molecular flexibility index (Phi) is 6.71. The molecule has 0 aliphatic heterocycles. The quantitative estimate of drug-likeness (QED) is 0.231. The number of amides is 1. The molecule has 1 atom stereocenters. The zero-order valence-electron chi connectivity index (χ0n) is 17.8. The second-order valence-electron chi connectivity index (χ2n) is 7.46. The monoisotopic (exact) mass is 487 g/mol. The number of carbonyl (C=O) groups is 1. The van der Waals surface area contributed by atoms with Gasteiger partial charge >= 0.3 is 6.18 Å². The van der Waals surface area contributed by atoms with Gasteiger partial charge in [0.05, 0.1) is 16.2 Å². The van der Waals surface area contributed by atoms with Crippen LogP contribution in [0, 0.1) is 6.92 Å². The highest BCUT2D eigenvalue weighted by Crippen LogP contribution is 2.39. The van der Waals surface area contributed by atoms with Crippen molar-refractivity contribution in [2.45, 2.75) is 36.7 Å². The van der Waals surface area contributed by atoms with Gasteiger partial charge < -0.3 is 5.32 Å². The number of thiophene rings is 1. The summed E-state index contributed by atoms with van der Waals surface area (Å²) in [5, 5.41) is 5.65. The van der Waals surface area contributed by atoms with Crippen molar-refractivity contribution in [3.8, 4) is 11.1 Å². The van der Waals surface area contributed by atoms with Crippen molar-refractivity contribution in [1.82, 2.24) is 9.97 Å². The van der Waals surface area contributed by atoms with Crippen LogP contribution < -0.4 is 5.32 Å². The van der Waals surface area contributed by atoms with Crippen LogP contribution in [0.1, 0.15) is 24.5 Å². The minimum absolute atomic E-state index is 0.109. The van der Waals surface area contributed by atoms with E-state index in [1.165, 1.54) is 41.6 Å². The predicted molar refractivity (Wildman–Crippen MR) is 128 cm³/mol. The highest BCUT2D eigenvalue weighted by molar-refractivity contribution is 8.00. The molecule has 1 unspecified atom stereocenters. The van der Waals surface area contributed by atoms with Gasteiger partial charge in [-0.15, -0.1) is 11.3 Å². The van der Waals surface area contributed by atoms with Crippen molar-refractivity contribution in [2.24, 2.45) is 0 Å². The Balaban J connectivity index is 1.61. The molecule has 0 fully saturated rings. The summed E-state index contributed by atoms with van der Waals surface area (Å²) in [7, 11) is 0. The van der Waals surface area contributed by atoms with E-state index in [2.05, 4.69) is 15.3 Å². The van der Waals surface area contributed by atoms with Crippen LogP contribution in [0.2, 0.25) is 0 Å². The number of benzene rings is 2. The molecule has 0 aliphatic rings. The van der Waals surface area contributed by atoms with Gasteiger partial charge in [0.25, 0.3) is 0 Å². The molecule has 0 aliphatic carbocycles. The van der Waals surface area contributed by atoms with E-state index < -0.39 is 17.0 Å². The lowest BCUT2D eigenvalue weighted by Gasteiger charge is -2.16. The van der Waals surface area contributed by atoms with Crippen LogP contribution in [0.4, 0.5) is 18.9 Å². The second-order valence-corrected chi connectivity index (χ2v) is 9.51. The summed E-state index contributed by atoms with van der Waals surface area (Å²) in [5.74, 6) is -0.374. The number of hydrogen-bond donors (Lipinski definition) is 1. The van der Waals surface area contributed by atoms with E-state index >= 15 is 0 Å². The minimum Gasteiger partial charge on any atom is -0.325 e. The molecule has 0 bridgehead atoms. The SMILES string of the molecule is CCC(Sc1ncnc2scc(-c3ccc(C)cc3)c12)C(=O)Nc1cccc(C(F)(F)F)c1. The maximum Gasteiger partial charge on any atom is 0.416 e. The molecular weight excluding hydrogens is 467 g/mol. The van der Waals surface area contributed by atoms with E-state index in [1.807, 2.05) is 43.5 Å². The van der Waals surface area contributed by atoms with Crippen LogP contribution in [0.5, 0.6) is 0 Å². The van der Waals surface area contributed by atoms with Crippen molar-refractivity contribution in [3.05, 3.63) is 71.4 Å². The molecule has 0 radical (unpaired) electrons. The average Bonchev–Trinajstić information content (AvgIpc) is 3.22. The van der Waals surface area contributed by atoms with Gasteiger partial charge in [-0.1, -0.05) is 54.6 Å². The molecule has 1 N–H and O–H groups in total. The molecule has 4 rings (SSSR count). The fraction of sp³-hybridized carbons (Fsp3) is 0.208. The van der Waals surface area contributed by atoms with E-state index in [0.29, 0.717) is 11.4 Å². The molecule has 0 saturated heterocycles. The minimum atomic E-state index is -4.47. The number of alkyl halides is 3. The van der Waals surface area contributed by atoms with Crippen LogP contribution >= 0.6 is 23.1 Å². The number of aromatic nitrogens is 2. The van der Waals surface area contributed by atoms with Crippen molar-refractivity contribution < 1.29 is 18.0 Å². The van der Waals surface area contributed by atoms with Crippen molar-refractivity contribution in [2.75, 3.05) is 5.32 Å².